The zero-order valence-electron chi connectivity index (χ0n) is 10.2. The smallest absolute Gasteiger partial charge is 0.166 e. The average molecular weight is 281 g/mol. The molecule has 0 heterocycles. The minimum Gasteiger partial charge on any atom is -0.294 e. The number of hydrogen-bond donors (Lipinski definition) is 0. The number of carbonyl (C=O) groups is 1. The highest BCUT2D eigenvalue weighted by Crippen LogP contribution is 2.36. The van der Waals surface area contributed by atoms with Crippen LogP contribution in [0, 0.1) is 5.92 Å². The van der Waals surface area contributed by atoms with Crippen LogP contribution in [0.15, 0.2) is 16.6 Å². The van der Waals surface area contributed by atoms with Crippen molar-refractivity contribution in [1.82, 2.24) is 0 Å². The minimum atomic E-state index is 0.0870. The number of carbonyl (C=O) groups excluding carboxylic acids is 1. The molecule has 0 radical (unpaired) electrons. The number of fused-ring (bicyclic) bond motifs is 1. The lowest BCUT2D eigenvalue weighted by molar-refractivity contribution is 0.0946. The second-order valence-electron chi connectivity index (χ2n) is 5.70. The van der Waals surface area contributed by atoms with Crippen molar-refractivity contribution in [2.45, 2.75) is 39.5 Å². The first-order valence-electron chi connectivity index (χ1n) is 5.68. The van der Waals surface area contributed by atoms with Crippen LogP contribution in [0.25, 0.3) is 0 Å². The lowest BCUT2D eigenvalue weighted by Crippen LogP contribution is -2.12. The van der Waals surface area contributed by atoms with E-state index in [1.54, 1.807) is 0 Å². The largest absolute Gasteiger partial charge is 0.294 e. The summed E-state index contributed by atoms with van der Waals surface area (Å²) in [6, 6.07) is 4.23. The van der Waals surface area contributed by atoms with Crippen LogP contribution < -0.4 is 0 Å². The van der Waals surface area contributed by atoms with E-state index in [1.165, 1.54) is 11.1 Å². The lowest BCUT2D eigenvalue weighted by atomic mass is 9.85. The number of Topliss-reactive ketones (excluding diaryl/α,β-unsaturated/α-hetero) is 1. The highest BCUT2D eigenvalue weighted by atomic mass is 79.9. The fraction of sp³-hybridized carbons (Fsp3) is 0.500. The lowest BCUT2D eigenvalue weighted by Gasteiger charge is -2.20. The Labute approximate surface area is 105 Å². The molecule has 0 N–H and O–H groups in total. The van der Waals surface area contributed by atoms with Crippen molar-refractivity contribution in [3.05, 3.63) is 33.3 Å². The molecule has 86 valence electrons. The van der Waals surface area contributed by atoms with Crippen LogP contribution in [-0.4, -0.2) is 5.78 Å². The summed E-state index contributed by atoms with van der Waals surface area (Å²) < 4.78 is 1.09. The molecule has 0 aromatic heterocycles. The highest BCUT2D eigenvalue weighted by Gasteiger charge is 2.30. The quantitative estimate of drug-likeness (QED) is 0.699. The molecular formula is C14H17BrO. The summed E-state index contributed by atoms with van der Waals surface area (Å²) in [5, 5.41) is 0. The van der Waals surface area contributed by atoms with Crippen LogP contribution in [-0.2, 0) is 11.8 Å². The zero-order valence-corrected chi connectivity index (χ0v) is 11.8. The first-order chi connectivity index (χ1) is 7.30. The topological polar surface area (TPSA) is 17.1 Å². The van der Waals surface area contributed by atoms with Crippen LogP contribution >= 0.6 is 15.9 Å². The van der Waals surface area contributed by atoms with Gasteiger partial charge in [0.1, 0.15) is 0 Å². The number of hydrogen-bond acceptors (Lipinski definition) is 1. The van der Waals surface area contributed by atoms with Gasteiger partial charge in [0.25, 0.3) is 0 Å². The van der Waals surface area contributed by atoms with E-state index in [0.29, 0.717) is 5.78 Å². The second-order valence-corrected chi connectivity index (χ2v) is 6.56. The average Bonchev–Trinajstić information content (AvgIpc) is 2.44. The molecule has 0 saturated carbocycles. The summed E-state index contributed by atoms with van der Waals surface area (Å²) in [7, 11) is 0. The normalized spacial score (nSPS) is 20.1. The molecule has 0 amide bonds. The summed E-state index contributed by atoms with van der Waals surface area (Å²) in [6.45, 7) is 8.52. The summed E-state index contributed by atoms with van der Waals surface area (Å²) in [5.74, 6) is 0.434. The molecule has 1 aliphatic carbocycles. The molecule has 1 unspecified atom stereocenters. The number of rotatable bonds is 0. The maximum atomic E-state index is 12.0. The van der Waals surface area contributed by atoms with Crippen molar-refractivity contribution in [1.29, 1.82) is 0 Å². The maximum absolute atomic E-state index is 12.0. The molecule has 2 heteroatoms. The summed E-state index contributed by atoms with van der Waals surface area (Å²) in [5.41, 5.74) is 3.42. The SMILES string of the molecule is CC1Cc2c(Br)cc(C(C)(C)C)cc2C1=O. The number of halogens is 1. The van der Waals surface area contributed by atoms with Gasteiger partial charge in [-0.2, -0.15) is 0 Å². The van der Waals surface area contributed by atoms with Crippen molar-refractivity contribution >= 4 is 21.7 Å². The molecular weight excluding hydrogens is 264 g/mol. The van der Waals surface area contributed by atoms with Gasteiger partial charge in [-0.25, -0.2) is 0 Å². The Morgan fingerprint density at radius 3 is 2.50 bits per heavy atom. The van der Waals surface area contributed by atoms with Crippen LogP contribution in [0.5, 0.6) is 0 Å². The third-order valence-electron chi connectivity index (χ3n) is 3.28. The molecule has 0 spiro atoms. The first-order valence-corrected chi connectivity index (χ1v) is 6.47. The van der Waals surface area contributed by atoms with Crippen molar-refractivity contribution in [3.8, 4) is 0 Å². The van der Waals surface area contributed by atoms with Gasteiger partial charge in [-0.1, -0.05) is 43.6 Å². The molecule has 0 fully saturated rings. The van der Waals surface area contributed by atoms with Crippen LogP contribution in [0.1, 0.15) is 49.2 Å². The number of ketones is 1. The molecule has 0 saturated heterocycles. The van der Waals surface area contributed by atoms with E-state index in [9.17, 15) is 4.79 Å². The second kappa shape index (κ2) is 3.69. The standard InChI is InChI=1S/C14H17BrO/c1-8-5-10-11(13(8)16)6-9(7-12(10)15)14(2,3)4/h6-8H,5H2,1-4H3. The molecule has 1 aliphatic rings. The van der Waals surface area contributed by atoms with Crippen LogP contribution in [0.4, 0.5) is 0 Å². The zero-order chi connectivity index (χ0) is 12.1. The predicted molar refractivity (Wildman–Crippen MR) is 70.0 cm³/mol. The van der Waals surface area contributed by atoms with Crippen molar-refractivity contribution in [2.24, 2.45) is 5.92 Å². The summed E-state index contributed by atoms with van der Waals surface area (Å²) >= 11 is 3.59. The maximum Gasteiger partial charge on any atom is 0.166 e. The monoisotopic (exact) mass is 280 g/mol. The van der Waals surface area contributed by atoms with Gasteiger partial charge in [-0.05, 0) is 35.1 Å². The van der Waals surface area contributed by atoms with E-state index in [-0.39, 0.29) is 11.3 Å². The number of benzene rings is 1. The van der Waals surface area contributed by atoms with Gasteiger partial charge < -0.3 is 0 Å². The van der Waals surface area contributed by atoms with E-state index >= 15 is 0 Å². The molecule has 0 bridgehead atoms. The third-order valence-corrected chi connectivity index (χ3v) is 3.99. The summed E-state index contributed by atoms with van der Waals surface area (Å²) in [6.07, 6.45) is 0.874. The fourth-order valence-electron chi connectivity index (χ4n) is 2.16. The Morgan fingerprint density at radius 1 is 1.31 bits per heavy atom. The Balaban J connectivity index is 2.60. The van der Waals surface area contributed by atoms with E-state index in [1.807, 2.05) is 6.92 Å². The Bertz CT molecular complexity index is 455. The molecule has 0 aliphatic heterocycles. The van der Waals surface area contributed by atoms with Crippen molar-refractivity contribution in [3.63, 3.8) is 0 Å². The molecule has 1 atom stereocenters. The van der Waals surface area contributed by atoms with E-state index in [0.717, 1.165) is 16.5 Å². The first kappa shape index (κ1) is 11.8. The van der Waals surface area contributed by atoms with E-state index in [2.05, 4.69) is 48.8 Å². The molecule has 1 nitrogen and oxygen atoms in total. The Morgan fingerprint density at radius 2 is 1.94 bits per heavy atom. The van der Waals surface area contributed by atoms with Gasteiger partial charge in [-0.15, -0.1) is 0 Å². The molecule has 16 heavy (non-hydrogen) atoms. The molecule has 2 rings (SSSR count). The molecule has 1 aromatic rings. The summed E-state index contributed by atoms with van der Waals surface area (Å²) in [4.78, 5) is 12.0. The van der Waals surface area contributed by atoms with Crippen molar-refractivity contribution in [2.75, 3.05) is 0 Å². The Hall–Kier alpha value is -0.630. The van der Waals surface area contributed by atoms with Gasteiger partial charge in [-0.3, -0.25) is 4.79 Å². The van der Waals surface area contributed by atoms with Crippen LogP contribution in [0.2, 0.25) is 0 Å². The van der Waals surface area contributed by atoms with Gasteiger partial charge in [0.05, 0.1) is 0 Å². The van der Waals surface area contributed by atoms with E-state index < -0.39 is 0 Å². The predicted octanol–water partition coefficient (Wildman–Crippen LogP) is 4.12. The van der Waals surface area contributed by atoms with Crippen LogP contribution in [0.3, 0.4) is 0 Å². The third kappa shape index (κ3) is 1.84. The van der Waals surface area contributed by atoms with Gasteiger partial charge in [0.15, 0.2) is 5.78 Å². The van der Waals surface area contributed by atoms with E-state index in [4.69, 9.17) is 0 Å². The van der Waals surface area contributed by atoms with Crippen molar-refractivity contribution < 1.29 is 4.79 Å². The van der Waals surface area contributed by atoms with Gasteiger partial charge in [0.2, 0.25) is 0 Å². The molecule has 1 aromatic carbocycles. The van der Waals surface area contributed by atoms with Gasteiger partial charge >= 0.3 is 0 Å². The van der Waals surface area contributed by atoms with Gasteiger partial charge in [0, 0.05) is 16.0 Å². The fourth-order valence-corrected chi connectivity index (χ4v) is 2.78. The highest BCUT2D eigenvalue weighted by molar-refractivity contribution is 9.10. The minimum absolute atomic E-state index is 0.0870. The Kier molecular flexibility index (Phi) is 2.73.